The van der Waals surface area contributed by atoms with Crippen LogP contribution in [0.5, 0.6) is 11.5 Å². The Balaban J connectivity index is 1.76. The molecule has 2 aromatic carbocycles. The molecule has 0 fully saturated rings. The minimum Gasteiger partial charge on any atom is -0.493 e. The van der Waals surface area contributed by atoms with Crippen molar-refractivity contribution in [2.75, 3.05) is 19.5 Å². The van der Waals surface area contributed by atoms with Crippen LogP contribution in [0.2, 0.25) is 5.02 Å². The van der Waals surface area contributed by atoms with E-state index < -0.39 is 11.8 Å². The first-order chi connectivity index (χ1) is 14.8. The highest BCUT2D eigenvalue weighted by Crippen LogP contribution is 2.28. The lowest BCUT2D eigenvalue weighted by Crippen LogP contribution is -2.41. The lowest BCUT2D eigenvalue weighted by molar-refractivity contribution is -0.128. The SMILES string of the molecule is COc1ccc(C=CC(=O)NNC(=O)CCC(=O)Nc2cccc(Cl)c2C)cc1OC. The second-order valence-electron chi connectivity index (χ2n) is 6.45. The van der Waals surface area contributed by atoms with Gasteiger partial charge in [0.1, 0.15) is 0 Å². The molecule has 164 valence electrons. The molecule has 3 N–H and O–H groups in total. The molecule has 8 nitrogen and oxygen atoms in total. The van der Waals surface area contributed by atoms with Crippen LogP contribution < -0.4 is 25.6 Å². The van der Waals surface area contributed by atoms with Gasteiger partial charge < -0.3 is 14.8 Å². The molecule has 2 rings (SSSR count). The molecule has 0 heterocycles. The maximum Gasteiger partial charge on any atom is 0.262 e. The third-order valence-corrected chi connectivity index (χ3v) is 4.69. The molecule has 0 saturated carbocycles. The van der Waals surface area contributed by atoms with Crippen molar-refractivity contribution in [3.05, 3.63) is 58.6 Å². The standard InChI is InChI=1S/C22H24ClN3O5/c1-14-16(23)5-4-6-17(14)24-20(27)11-12-22(29)26-25-21(28)10-8-15-7-9-18(30-2)19(13-15)31-3/h4-10,13H,11-12H2,1-3H3,(H,24,27)(H,25,28)(H,26,29). The Morgan fingerprint density at radius 3 is 2.39 bits per heavy atom. The maximum atomic E-state index is 12.0. The fourth-order valence-electron chi connectivity index (χ4n) is 2.55. The van der Waals surface area contributed by atoms with E-state index in [1.165, 1.54) is 20.3 Å². The number of hydrogen-bond acceptors (Lipinski definition) is 5. The Kier molecular flexibility index (Phi) is 8.90. The molecule has 0 aromatic heterocycles. The van der Waals surface area contributed by atoms with Gasteiger partial charge in [-0.2, -0.15) is 0 Å². The molecule has 3 amide bonds. The molecular formula is C22H24ClN3O5. The largest absolute Gasteiger partial charge is 0.493 e. The van der Waals surface area contributed by atoms with Gasteiger partial charge in [-0.3, -0.25) is 25.2 Å². The normalized spacial score (nSPS) is 10.5. The fourth-order valence-corrected chi connectivity index (χ4v) is 2.72. The topological polar surface area (TPSA) is 106 Å². The predicted molar refractivity (Wildman–Crippen MR) is 119 cm³/mol. The Morgan fingerprint density at radius 1 is 0.968 bits per heavy atom. The highest BCUT2D eigenvalue weighted by atomic mass is 35.5. The number of carbonyl (C=O) groups excluding carboxylic acids is 3. The van der Waals surface area contributed by atoms with Crippen LogP contribution in [-0.2, 0) is 14.4 Å². The smallest absolute Gasteiger partial charge is 0.262 e. The summed E-state index contributed by atoms with van der Waals surface area (Å²) < 4.78 is 10.4. The molecule has 0 aliphatic heterocycles. The van der Waals surface area contributed by atoms with Gasteiger partial charge in [-0.05, 0) is 48.4 Å². The van der Waals surface area contributed by atoms with E-state index in [-0.39, 0.29) is 18.7 Å². The number of rotatable bonds is 8. The first-order valence-electron chi connectivity index (χ1n) is 9.38. The van der Waals surface area contributed by atoms with Gasteiger partial charge >= 0.3 is 0 Å². The first kappa shape index (κ1) is 23.8. The van der Waals surface area contributed by atoms with Crippen molar-refractivity contribution < 1.29 is 23.9 Å². The summed E-state index contributed by atoms with van der Waals surface area (Å²) in [5, 5.41) is 3.25. The van der Waals surface area contributed by atoms with Crippen LogP contribution in [0.15, 0.2) is 42.5 Å². The van der Waals surface area contributed by atoms with Gasteiger partial charge in [0.05, 0.1) is 14.2 Å². The van der Waals surface area contributed by atoms with Crippen molar-refractivity contribution in [3.8, 4) is 11.5 Å². The van der Waals surface area contributed by atoms with E-state index in [1.54, 1.807) is 49.4 Å². The van der Waals surface area contributed by atoms with Gasteiger partial charge in [-0.15, -0.1) is 0 Å². The number of hydrazine groups is 1. The van der Waals surface area contributed by atoms with Gasteiger partial charge in [-0.25, -0.2) is 0 Å². The number of anilines is 1. The van der Waals surface area contributed by atoms with Crippen LogP contribution >= 0.6 is 11.6 Å². The molecule has 0 spiro atoms. The molecule has 0 saturated heterocycles. The zero-order valence-corrected chi connectivity index (χ0v) is 18.2. The Bertz CT molecular complexity index is 991. The summed E-state index contributed by atoms with van der Waals surface area (Å²) in [7, 11) is 3.05. The van der Waals surface area contributed by atoms with Crippen LogP contribution in [0, 0.1) is 6.92 Å². The first-order valence-corrected chi connectivity index (χ1v) is 9.75. The Labute approximate surface area is 185 Å². The number of ether oxygens (including phenoxy) is 2. The molecule has 0 aliphatic rings. The van der Waals surface area contributed by atoms with Gasteiger partial charge in [0.15, 0.2) is 11.5 Å². The second-order valence-corrected chi connectivity index (χ2v) is 6.85. The van der Waals surface area contributed by atoms with Crippen molar-refractivity contribution >= 4 is 41.1 Å². The minimum atomic E-state index is -0.526. The van der Waals surface area contributed by atoms with Crippen molar-refractivity contribution in [1.82, 2.24) is 10.9 Å². The van der Waals surface area contributed by atoms with E-state index in [0.717, 1.165) is 5.56 Å². The molecule has 0 bridgehead atoms. The summed E-state index contributed by atoms with van der Waals surface area (Å²) in [6.07, 6.45) is 2.68. The summed E-state index contributed by atoms with van der Waals surface area (Å²) in [4.78, 5) is 35.8. The molecule has 0 radical (unpaired) electrons. The number of benzene rings is 2. The van der Waals surface area contributed by atoms with Crippen LogP contribution in [0.4, 0.5) is 5.69 Å². The number of hydrogen-bond donors (Lipinski definition) is 3. The van der Waals surface area contributed by atoms with E-state index in [2.05, 4.69) is 16.2 Å². The number of methoxy groups -OCH3 is 2. The van der Waals surface area contributed by atoms with Crippen LogP contribution in [0.1, 0.15) is 24.0 Å². The number of amides is 3. The molecule has 0 aliphatic carbocycles. The molecule has 2 aromatic rings. The van der Waals surface area contributed by atoms with Crippen molar-refractivity contribution in [3.63, 3.8) is 0 Å². The van der Waals surface area contributed by atoms with Crippen molar-refractivity contribution in [1.29, 1.82) is 0 Å². The van der Waals surface area contributed by atoms with Gasteiger partial charge in [0.2, 0.25) is 11.8 Å². The van der Waals surface area contributed by atoms with E-state index in [1.807, 2.05) is 0 Å². The van der Waals surface area contributed by atoms with Gasteiger partial charge in [0, 0.05) is 29.6 Å². The van der Waals surface area contributed by atoms with Crippen LogP contribution in [0.25, 0.3) is 6.08 Å². The summed E-state index contributed by atoms with van der Waals surface area (Å²) >= 11 is 6.02. The van der Waals surface area contributed by atoms with E-state index >= 15 is 0 Å². The average molecular weight is 446 g/mol. The minimum absolute atomic E-state index is 0.0465. The van der Waals surface area contributed by atoms with Crippen LogP contribution in [-0.4, -0.2) is 31.9 Å². The molecule has 31 heavy (non-hydrogen) atoms. The third-order valence-electron chi connectivity index (χ3n) is 4.28. The lowest BCUT2D eigenvalue weighted by atomic mass is 10.2. The fraction of sp³-hybridized carbons (Fsp3) is 0.227. The number of nitrogens with one attached hydrogen (secondary N) is 3. The Morgan fingerprint density at radius 2 is 1.68 bits per heavy atom. The third kappa shape index (κ3) is 7.35. The summed E-state index contributed by atoms with van der Waals surface area (Å²) in [5.74, 6) is -0.247. The lowest BCUT2D eigenvalue weighted by Gasteiger charge is -2.09. The second kappa shape index (κ2) is 11.6. The zero-order chi connectivity index (χ0) is 22.8. The predicted octanol–water partition coefficient (Wildman–Crippen LogP) is 3.25. The molecule has 0 atom stereocenters. The molecule has 0 unspecified atom stereocenters. The summed E-state index contributed by atoms with van der Waals surface area (Å²) in [6.45, 7) is 1.79. The highest BCUT2D eigenvalue weighted by molar-refractivity contribution is 6.31. The maximum absolute atomic E-state index is 12.0. The summed E-state index contributed by atoms with van der Waals surface area (Å²) in [6, 6.07) is 10.4. The number of carbonyl (C=O) groups is 3. The number of halogens is 1. The van der Waals surface area contributed by atoms with Crippen LogP contribution in [0.3, 0.4) is 0 Å². The monoisotopic (exact) mass is 445 g/mol. The molecule has 9 heteroatoms. The van der Waals surface area contributed by atoms with Crippen molar-refractivity contribution in [2.45, 2.75) is 19.8 Å². The van der Waals surface area contributed by atoms with Crippen molar-refractivity contribution in [2.24, 2.45) is 0 Å². The zero-order valence-electron chi connectivity index (χ0n) is 17.5. The Hall–Kier alpha value is -3.52. The van der Waals surface area contributed by atoms with E-state index in [9.17, 15) is 14.4 Å². The average Bonchev–Trinajstić information content (AvgIpc) is 2.77. The van der Waals surface area contributed by atoms with Gasteiger partial charge in [0.25, 0.3) is 5.91 Å². The summed E-state index contributed by atoms with van der Waals surface area (Å²) in [5.41, 5.74) is 6.58. The van der Waals surface area contributed by atoms with E-state index in [0.29, 0.717) is 27.8 Å². The van der Waals surface area contributed by atoms with Gasteiger partial charge in [-0.1, -0.05) is 23.7 Å². The molecular weight excluding hydrogens is 422 g/mol. The quantitative estimate of drug-likeness (QED) is 0.427. The van der Waals surface area contributed by atoms with E-state index in [4.69, 9.17) is 21.1 Å². The highest BCUT2D eigenvalue weighted by Gasteiger charge is 2.10.